The van der Waals surface area contributed by atoms with Crippen molar-refractivity contribution in [1.29, 1.82) is 0 Å². The molecule has 1 aromatic carbocycles. The van der Waals surface area contributed by atoms with Crippen molar-refractivity contribution < 1.29 is 17.5 Å². The molecule has 0 amide bonds. The molecule has 0 bridgehead atoms. The Labute approximate surface area is 149 Å². The summed E-state index contributed by atoms with van der Waals surface area (Å²) in [5.41, 5.74) is 0.698. The Morgan fingerprint density at radius 3 is 2.48 bits per heavy atom. The Kier molecular flexibility index (Phi) is 5.12. The Morgan fingerprint density at radius 1 is 1.12 bits per heavy atom. The molecular formula is C17H15FN2O3S2. The number of nitrogens with zero attached hydrogens (tertiary/aromatic N) is 1. The smallest absolute Gasteiger partial charge is 0.250 e. The first-order valence-electron chi connectivity index (χ1n) is 7.37. The van der Waals surface area contributed by atoms with Crippen molar-refractivity contribution in [2.45, 2.75) is 17.7 Å². The van der Waals surface area contributed by atoms with E-state index in [1.165, 1.54) is 41.8 Å². The first kappa shape index (κ1) is 17.5. The molecule has 0 aliphatic heterocycles. The molecule has 3 aromatic rings. The Morgan fingerprint density at radius 2 is 1.88 bits per heavy atom. The van der Waals surface area contributed by atoms with Gasteiger partial charge in [-0.05, 0) is 48.9 Å². The normalized spacial score (nSPS) is 11.4. The SMILES string of the molecule is Cc1ccc(S(=O)(=O)NCc2ccc(Oc3ccc(F)cc3)nc2)s1. The van der Waals surface area contributed by atoms with E-state index in [0.29, 0.717) is 17.2 Å². The van der Waals surface area contributed by atoms with Gasteiger partial charge in [0.15, 0.2) is 0 Å². The van der Waals surface area contributed by atoms with E-state index in [4.69, 9.17) is 4.74 Å². The van der Waals surface area contributed by atoms with Crippen LogP contribution in [0.3, 0.4) is 0 Å². The molecule has 0 aliphatic rings. The van der Waals surface area contributed by atoms with Crippen LogP contribution in [-0.4, -0.2) is 13.4 Å². The highest BCUT2D eigenvalue weighted by Gasteiger charge is 2.15. The van der Waals surface area contributed by atoms with E-state index < -0.39 is 10.0 Å². The van der Waals surface area contributed by atoms with Crippen LogP contribution in [0, 0.1) is 12.7 Å². The molecule has 1 N–H and O–H groups in total. The molecule has 0 spiro atoms. The third kappa shape index (κ3) is 4.62. The monoisotopic (exact) mass is 378 g/mol. The maximum atomic E-state index is 12.9. The number of pyridine rings is 1. The Hall–Kier alpha value is -2.29. The van der Waals surface area contributed by atoms with Crippen LogP contribution >= 0.6 is 11.3 Å². The number of thiophene rings is 1. The fraction of sp³-hybridized carbons (Fsp3) is 0.118. The lowest BCUT2D eigenvalue weighted by atomic mass is 10.3. The van der Waals surface area contributed by atoms with Gasteiger partial charge in [-0.25, -0.2) is 22.5 Å². The number of ether oxygens (including phenoxy) is 1. The molecule has 0 radical (unpaired) electrons. The first-order valence-corrected chi connectivity index (χ1v) is 9.67. The molecule has 0 unspecified atom stereocenters. The summed E-state index contributed by atoms with van der Waals surface area (Å²) in [6, 6.07) is 12.3. The van der Waals surface area contributed by atoms with E-state index in [-0.39, 0.29) is 16.6 Å². The fourth-order valence-corrected chi connectivity index (χ4v) is 4.35. The summed E-state index contributed by atoms with van der Waals surface area (Å²) in [4.78, 5) is 5.06. The van der Waals surface area contributed by atoms with Crippen LogP contribution in [0.2, 0.25) is 0 Å². The van der Waals surface area contributed by atoms with Gasteiger partial charge in [0.2, 0.25) is 15.9 Å². The molecule has 0 saturated carbocycles. The highest BCUT2D eigenvalue weighted by Crippen LogP contribution is 2.21. The van der Waals surface area contributed by atoms with Gasteiger partial charge in [-0.1, -0.05) is 6.07 Å². The zero-order chi connectivity index (χ0) is 17.9. The van der Waals surface area contributed by atoms with Crippen LogP contribution in [0.5, 0.6) is 11.6 Å². The summed E-state index contributed by atoms with van der Waals surface area (Å²) >= 11 is 1.22. The number of aryl methyl sites for hydroxylation is 1. The minimum atomic E-state index is -3.53. The molecular weight excluding hydrogens is 363 g/mol. The molecule has 2 heterocycles. The van der Waals surface area contributed by atoms with Crippen molar-refractivity contribution in [1.82, 2.24) is 9.71 Å². The molecule has 8 heteroatoms. The standard InChI is InChI=1S/C17H15FN2O3S2/c1-12-2-9-17(24-12)25(21,22)20-11-13-3-8-16(19-10-13)23-15-6-4-14(18)5-7-15/h2-10,20H,11H2,1H3. The van der Waals surface area contributed by atoms with Crippen LogP contribution in [0.4, 0.5) is 4.39 Å². The van der Waals surface area contributed by atoms with Gasteiger partial charge in [0.1, 0.15) is 15.8 Å². The first-order chi connectivity index (χ1) is 11.9. The quantitative estimate of drug-likeness (QED) is 0.707. The lowest BCUT2D eigenvalue weighted by Gasteiger charge is -2.07. The third-order valence-corrected chi connectivity index (χ3v) is 6.17. The molecule has 2 aromatic heterocycles. The number of nitrogens with one attached hydrogen (secondary N) is 1. The number of rotatable bonds is 6. The maximum Gasteiger partial charge on any atom is 0.250 e. The van der Waals surface area contributed by atoms with Gasteiger partial charge >= 0.3 is 0 Å². The van der Waals surface area contributed by atoms with Gasteiger partial charge in [0.25, 0.3) is 0 Å². The van der Waals surface area contributed by atoms with E-state index in [2.05, 4.69) is 9.71 Å². The number of benzene rings is 1. The van der Waals surface area contributed by atoms with E-state index in [1.54, 1.807) is 24.3 Å². The molecule has 0 saturated heterocycles. The lowest BCUT2D eigenvalue weighted by Crippen LogP contribution is -2.22. The topological polar surface area (TPSA) is 68.3 Å². The number of hydrogen-bond donors (Lipinski definition) is 1. The van der Waals surface area contributed by atoms with Crippen LogP contribution in [0.1, 0.15) is 10.4 Å². The highest BCUT2D eigenvalue weighted by molar-refractivity contribution is 7.91. The predicted molar refractivity (Wildman–Crippen MR) is 93.8 cm³/mol. The number of halogens is 1. The van der Waals surface area contributed by atoms with Crippen molar-refractivity contribution >= 4 is 21.4 Å². The van der Waals surface area contributed by atoms with Crippen LogP contribution < -0.4 is 9.46 Å². The minimum Gasteiger partial charge on any atom is -0.439 e. The summed E-state index contributed by atoms with van der Waals surface area (Å²) in [6.45, 7) is 1.98. The van der Waals surface area contributed by atoms with E-state index in [1.807, 2.05) is 6.92 Å². The highest BCUT2D eigenvalue weighted by atomic mass is 32.2. The molecule has 0 atom stereocenters. The average molecular weight is 378 g/mol. The van der Waals surface area contributed by atoms with Gasteiger partial charge in [-0.3, -0.25) is 0 Å². The second-order valence-corrected chi connectivity index (χ2v) is 8.53. The van der Waals surface area contributed by atoms with Crippen molar-refractivity contribution in [2.24, 2.45) is 0 Å². The number of aromatic nitrogens is 1. The Balaban J connectivity index is 1.62. The average Bonchev–Trinajstić information content (AvgIpc) is 3.04. The van der Waals surface area contributed by atoms with E-state index in [0.717, 1.165) is 4.88 Å². The van der Waals surface area contributed by atoms with Gasteiger partial charge < -0.3 is 4.74 Å². The molecule has 5 nitrogen and oxygen atoms in total. The van der Waals surface area contributed by atoms with Crippen molar-refractivity contribution in [2.75, 3.05) is 0 Å². The fourth-order valence-electron chi connectivity index (χ4n) is 2.01. The van der Waals surface area contributed by atoms with E-state index in [9.17, 15) is 12.8 Å². The molecule has 130 valence electrons. The molecule has 25 heavy (non-hydrogen) atoms. The molecule has 3 rings (SSSR count). The van der Waals surface area contributed by atoms with E-state index >= 15 is 0 Å². The summed E-state index contributed by atoms with van der Waals surface area (Å²) in [7, 11) is -3.53. The van der Waals surface area contributed by atoms with Gasteiger partial charge in [0.05, 0.1) is 0 Å². The zero-order valence-electron chi connectivity index (χ0n) is 13.3. The van der Waals surface area contributed by atoms with Gasteiger partial charge in [-0.15, -0.1) is 11.3 Å². The molecule has 0 aliphatic carbocycles. The minimum absolute atomic E-state index is 0.128. The van der Waals surface area contributed by atoms with Crippen molar-refractivity contribution in [3.63, 3.8) is 0 Å². The van der Waals surface area contributed by atoms with Gasteiger partial charge in [0, 0.05) is 23.7 Å². The summed E-state index contributed by atoms with van der Waals surface area (Å²) in [5.74, 6) is 0.464. The lowest BCUT2D eigenvalue weighted by molar-refractivity contribution is 0.461. The van der Waals surface area contributed by atoms with Crippen LogP contribution in [0.15, 0.2) is 58.9 Å². The third-order valence-electron chi connectivity index (χ3n) is 3.28. The predicted octanol–water partition coefficient (Wildman–Crippen LogP) is 3.86. The second kappa shape index (κ2) is 7.30. The van der Waals surface area contributed by atoms with Crippen molar-refractivity contribution in [3.8, 4) is 11.6 Å². The Bertz CT molecular complexity index is 952. The van der Waals surface area contributed by atoms with Gasteiger partial charge in [-0.2, -0.15) is 0 Å². The number of hydrogen-bond acceptors (Lipinski definition) is 5. The largest absolute Gasteiger partial charge is 0.439 e. The molecule has 0 fully saturated rings. The number of sulfonamides is 1. The summed E-state index contributed by atoms with van der Waals surface area (Å²) in [5, 5.41) is 0. The second-order valence-electron chi connectivity index (χ2n) is 5.25. The summed E-state index contributed by atoms with van der Waals surface area (Å²) in [6.07, 6.45) is 1.53. The van der Waals surface area contributed by atoms with Crippen molar-refractivity contribution in [3.05, 3.63) is 71.0 Å². The van der Waals surface area contributed by atoms with Crippen LogP contribution in [0.25, 0.3) is 0 Å². The maximum absolute atomic E-state index is 12.9. The zero-order valence-corrected chi connectivity index (χ0v) is 14.9. The summed E-state index contributed by atoms with van der Waals surface area (Å²) < 4.78 is 45.5. The van der Waals surface area contributed by atoms with Crippen LogP contribution in [-0.2, 0) is 16.6 Å².